The minimum Gasteiger partial charge on any atom is -0.483 e. The van der Waals surface area contributed by atoms with Crippen LogP contribution in [0.1, 0.15) is 12.0 Å². The molecule has 1 fully saturated rings. The Kier molecular flexibility index (Phi) is 6.83. The van der Waals surface area contributed by atoms with Gasteiger partial charge in [0.05, 0.1) is 12.4 Å². The molecule has 0 aliphatic carbocycles. The van der Waals surface area contributed by atoms with Crippen molar-refractivity contribution in [3.63, 3.8) is 0 Å². The molecule has 1 aromatic carbocycles. The highest BCUT2D eigenvalue weighted by atomic mass is 19.1. The highest BCUT2D eigenvalue weighted by Gasteiger charge is 2.49. The van der Waals surface area contributed by atoms with Crippen molar-refractivity contribution in [1.29, 1.82) is 0 Å². The number of carboxylic acids is 1. The number of nitrogens with zero attached hydrogens (tertiary/aromatic N) is 2. The van der Waals surface area contributed by atoms with E-state index in [9.17, 15) is 24.2 Å². The Hall–Kier alpha value is -3.27. The van der Waals surface area contributed by atoms with Crippen molar-refractivity contribution in [3.8, 4) is 0 Å². The molecule has 10 heteroatoms. The zero-order valence-corrected chi connectivity index (χ0v) is 14.8. The molecule has 0 saturated carbocycles. The van der Waals surface area contributed by atoms with Crippen molar-refractivity contribution >= 4 is 18.3 Å². The standard InChI is InChI=1S/C17H18FN3O4.CH2O2/c18-12-3-1-2-11(6-12)8-17(16(24)25)9-21(5-4-13(17)22)14-7-15(23)20-10-19-14;2-1-3/h1-3,6-7,10,13,22H,4-5,8-9H2,(H,24,25)(H,19,20,23);1H,(H,2,3)/t13-,17+;/m0./s1. The van der Waals surface area contributed by atoms with Crippen LogP contribution in [0.3, 0.4) is 0 Å². The van der Waals surface area contributed by atoms with Gasteiger partial charge in [-0.25, -0.2) is 9.37 Å². The zero-order chi connectivity index (χ0) is 20.7. The van der Waals surface area contributed by atoms with Crippen molar-refractivity contribution in [1.82, 2.24) is 9.97 Å². The number of carbonyl (C=O) groups is 2. The van der Waals surface area contributed by atoms with E-state index >= 15 is 0 Å². The summed E-state index contributed by atoms with van der Waals surface area (Å²) in [6.45, 7) is 0.0896. The SMILES string of the molecule is O=C(O)[C@]1(Cc2cccc(F)c2)CN(c2cc(=O)[nH]cn2)CC[C@@H]1O.O=CO. The highest BCUT2D eigenvalue weighted by molar-refractivity contribution is 5.77. The second-order valence-electron chi connectivity index (χ2n) is 6.37. The summed E-state index contributed by atoms with van der Waals surface area (Å²) in [5, 5.41) is 27.2. The van der Waals surface area contributed by atoms with Crippen LogP contribution in [0.5, 0.6) is 0 Å². The van der Waals surface area contributed by atoms with Gasteiger partial charge in [0.2, 0.25) is 0 Å². The van der Waals surface area contributed by atoms with E-state index in [1.54, 1.807) is 11.0 Å². The molecular weight excluding hydrogens is 373 g/mol. The lowest BCUT2D eigenvalue weighted by atomic mass is 9.73. The van der Waals surface area contributed by atoms with Gasteiger partial charge >= 0.3 is 5.97 Å². The quantitative estimate of drug-likeness (QED) is 0.550. The lowest BCUT2D eigenvalue weighted by Crippen LogP contribution is -2.57. The molecule has 1 saturated heterocycles. The van der Waals surface area contributed by atoms with Gasteiger partial charge in [-0.15, -0.1) is 0 Å². The normalized spacial score (nSPS) is 21.4. The maximum Gasteiger partial charge on any atom is 0.314 e. The molecule has 150 valence electrons. The topological polar surface area (TPSA) is 144 Å². The summed E-state index contributed by atoms with van der Waals surface area (Å²) in [4.78, 5) is 40.0. The van der Waals surface area contributed by atoms with Crippen LogP contribution in [-0.4, -0.2) is 56.9 Å². The summed E-state index contributed by atoms with van der Waals surface area (Å²) in [6, 6.07) is 6.96. The maximum atomic E-state index is 13.5. The van der Waals surface area contributed by atoms with Crippen LogP contribution in [0.15, 0.2) is 41.5 Å². The number of halogens is 1. The fraction of sp³-hybridized carbons (Fsp3) is 0.333. The number of piperidine rings is 1. The van der Waals surface area contributed by atoms with E-state index in [-0.39, 0.29) is 31.4 Å². The van der Waals surface area contributed by atoms with Crippen LogP contribution in [0.4, 0.5) is 10.2 Å². The summed E-state index contributed by atoms with van der Waals surface area (Å²) < 4.78 is 13.5. The molecule has 0 amide bonds. The molecule has 0 unspecified atom stereocenters. The molecule has 1 aliphatic heterocycles. The van der Waals surface area contributed by atoms with Gasteiger partial charge in [0.15, 0.2) is 0 Å². The molecule has 4 N–H and O–H groups in total. The van der Waals surface area contributed by atoms with Gasteiger partial charge in [-0.2, -0.15) is 0 Å². The van der Waals surface area contributed by atoms with Gasteiger partial charge in [0, 0.05) is 19.2 Å². The average molecular weight is 393 g/mol. The number of anilines is 1. The number of aromatic amines is 1. The van der Waals surface area contributed by atoms with Crippen LogP contribution >= 0.6 is 0 Å². The Bertz CT molecular complexity index is 889. The van der Waals surface area contributed by atoms with Crippen LogP contribution in [-0.2, 0) is 16.0 Å². The van der Waals surface area contributed by atoms with Crippen LogP contribution < -0.4 is 10.5 Å². The number of H-pyrrole nitrogens is 1. The van der Waals surface area contributed by atoms with Crippen molar-refractivity contribution in [2.45, 2.75) is 18.9 Å². The van der Waals surface area contributed by atoms with E-state index < -0.39 is 23.3 Å². The molecule has 9 nitrogen and oxygen atoms in total. The third-order valence-corrected chi connectivity index (χ3v) is 4.61. The first kappa shape index (κ1) is 21.0. The zero-order valence-electron chi connectivity index (χ0n) is 14.8. The van der Waals surface area contributed by atoms with Crippen molar-refractivity contribution in [3.05, 3.63) is 58.4 Å². The van der Waals surface area contributed by atoms with Crippen LogP contribution in [0.2, 0.25) is 0 Å². The van der Waals surface area contributed by atoms with Crippen LogP contribution in [0, 0.1) is 11.2 Å². The third-order valence-electron chi connectivity index (χ3n) is 4.61. The van der Waals surface area contributed by atoms with E-state index in [4.69, 9.17) is 9.90 Å². The third kappa shape index (κ3) is 4.71. The first-order valence-corrected chi connectivity index (χ1v) is 8.36. The molecule has 3 rings (SSSR count). The lowest BCUT2D eigenvalue weighted by molar-refractivity contribution is -0.157. The molecule has 2 heterocycles. The van der Waals surface area contributed by atoms with E-state index in [2.05, 4.69) is 9.97 Å². The Morgan fingerprint density at radius 3 is 2.75 bits per heavy atom. The van der Waals surface area contributed by atoms with Crippen LogP contribution in [0.25, 0.3) is 0 Å². The minimum absolute atomic E-state index is 0.0268. The maximum absolute atomic E-state index is 13.5. The van der Waals surface area contributed by atoms with Gasteiger partial charge in [-0.1, -0.05) is 12.1 Å². The second kappa shape index (κ2) is 9.09. The molecule has 2 aromatic rings. The number of carboxylic acid groups (broad SMARTS) is 2. The second-order valence-corrected chi connectivity index (χ2v) is 6.37. The molecule has 2 atom stereocenters. The fourth-order valence-electron chi connectivity index (χ4n) is 3.28. The van der Waals surface area contributed by atoms with E-state index in [0.717, 1.165) is 0 Å². The summed E-state index contributed by atoms with van der Waals surface area (Å²) in [6.07, 6.45) is 0.334. The number of aliphatic hydroxyl groups excluding tert-OH is 1. The summed E-state index contributed by atoms with van der Waals surface area (Å²) in [5.74, 6) is -1.28. The summed E-state index contributed by atoms with van der Waals surface area (Å²) in [7, 11) is 0. The molecule has 1 aliphatic rings. The first-order valence-electron chi connectivity index (χ1n) is 8.36. The van der Waals surface area contributed by atoms with Gasteiger partial charge in [-0.05, 0) is 30.5 Å². The predicted molar refractivity (Wildman–Crippen MR) is 96.6 cm³/mol. The molecule has 0 bridgehead atoms. The molecule has 1 aromatic heterocycles. The minimum atomic E-state index is -1.52. The van der Waals surface area contributed by atoms with Crippen molar-refractivity contribution < 1.29 is 29.3 Å². The van der Waals surface area contributed by atoms with E-state index in [1.165, 1.54) is 30.6 Å². The first-order chi connectivity index (χ1) is 13.3. The van der Waals surface area contributed by atoms with Gasteiger partial charge in [0.25, 0.3) is 12.0 Å². The Balaban J connectivity index is 0.000000878. The number of rotatable bonds is 4. The molecule has 0 radical (unpaired) electrons. The van der Waals surface area contributed by atoms with Gasteiger partial charge in [0.1, 0.15) is 17.1 Å². The summed E-state index contributed by atoms with van der Waals surface area (Å²) in [5.41, 5.74) is -1.37. The number of hydrogen-bond acceptors (Lipinski definition) is 6. The molecule has 0 spiro atoms. The number of aliphatic carboxylic acids is 1. The number of benzene rings is 1. The monoisotopic (exact) mass is 393 g/mol. The highest BCUT2D eigenvalue weighted by Crippen LogP contribution is 2.36. The average Bonchev–Trinajstić information content (AvgIpc) is 2.64. The fourth-order valence-corrected chi connectivity index (χ4v) is 3.28. The number of nitrogens with one attached hydrogen (secondary N) is 1. The smallest absolute Gasteiger partial charge is 0.314 e. The Morgan fingerprint density at radius 2 is 2.14 bits per heavy atom. The molecule has 28 heavy (non-hydrogen) atoms. The summed E-state index contributed by atoms with van der Waals surface area (Å²) >= 11 is 0. The predicted octanol–water partition coefficient (Wildman–Crippen LogP) is 0.494. The number of aromatic nitrogens is 2. The number of hydrogen-bond donors (Lipinski definition) is 4. The Morgan fingerprint density at radius 1 is 1.43 bits per heavy atom. The molecular formula is C18H20FN3O6. The van der Waals surface area contributed by atoms with Gasteiger partial charge in [-0.3, -0.25) is 14.4 Å². The van der Waals surface area contributed by atoms with E-state index in [0.29, 0.717) is 17.9 Å². The number of aliphatic hydroxyl groups is 1. The van der Waals surface area contributed by atoms with Gasteiger partial charge < -0.3 is 25.2 Å². The van der Waals surface area contributed by atoms with E-state index in [1.807, 2.05) is 0 Å². The lowest BCUT2D eigenvalue weighted by Gasteiger charge is -2.43. The Labute approximate surface area is 159 Å². The van der Waals surface area contributed by atoms with Crippen molar-refractivity contribution in [2.24, 2.45) is 5.41 Å². The largest absolute Gasteiger partial charge is 0.483 e. The van der Waals surface area contributed by atoms with Crippen molar-refractivity contribution in [2.75, 3.05) is 18.0 Å².